The lowest BCUT2D eigenvalue weighted by Gasteiger charge is -2.45. The number of hydrogen-bond donors (Lipinski definition) is 2. The summed E-state index contributed by atoms with van der Waals surface area (Å²) in [5.41, 5.74) is 8.15. The summed E-state index contributed by atoms with van der Waals surface area (Å²) >= 11 is 0. The van der Waals surface area contributed by atoms with Crippen molar-refractivity contribution < 1.29 is 5.11 Å². The molecule has 0 radical (unpaired) electrons. The van der Waals surface area contributed by atoms with Crippen molar-refractivity contribution in [3.8, 4) is 11.1 Å². The second kappa shape index (κ2) is 7.43. The van der Waals surface area contributed by atoms with Crippen LogP contribution in [-0.4, -0.2) is 38.7 Å². The summed E-state index contributed by atoms with van der Waals surface area (Å²) in [5, 5.41) is 11.2. The molecule has 3 N–H and O–H groups in total. The number of aliphatic hydroxyl groups is 1. The van der Waals surface area contributed by atoms with Crippen molar-refractivity contribution in [3.05, 3.63) is 30.4 Å². The van der Waals surface area contributed by atoms with Gasteiger partial charge in [-0.15, -0.1) is 0 Å². The van der Waals surface area contributed by atoms with Crippen LogP contribution in [0.25, 0.3) is 11.1 Å². The zero-order valence-electron chi connectivity index (χ0n) is 16.1. The molecule has 4 rings (SSSR count). The maximum absolute atomic E-state index is 11.2. The molecule has 1 aliphatic carbocycles. The highest BCUT2D eigenvalue weighted by Gasteiger charge is 2.40. The summed E-state index contributed by atoms with van der Waals surface area (Å²) in [7, 11) is 0. The number of anilines is 2. The standard InChI is InChI=1S/C21H29N5O/c1-15-19(16-7-8-18(22)23-13-16)20(25-14-24-15)26-11-9-21(27,10-12-26)17-5-3-2-4-6-17/h7-8,13-14,17,27H,2-6,9-12H2,1H3,(H2,22,23). The molecule has 0 spiro atoms. The van der Waals surface area contributed by atoms with Crippen LogP contribution in [0.4, 0.5) is 11.6 Å². The number of aromatic nitrogens is 3. The van der Waals surface area contributed by atoms with Gasteiger partial charge in [0.15, 0.2) is 0 Å². The van der Waals surface area contributed by atoms with Gasteiger partial charge < -0.3 is 15.7 Å². The highest BCUT2D eigenvalue weighted by Crippen LogP contribution is 2.41. The van der Waals surface area contributed by atoms with Gasteiger partial charge in [0.2, 0.25) is 0 Å². The van der Waals surface area contributed by atoms with Crippen molar-refractivity contribution in [2.75, 3.05) is 23.7 Å². The van der Waals surface area contributed by atoms with Gasteiger partial charge in [-0.2, -0.15) is 0 Å². The van der Waals surface area contributed by atoms with Crippen LogP contribution in [-0.2, 0) is 0 Å². The predicted octanol–water partition coefficient (Wildman–Crippen LogP) is 3.34. The van der Waals surface area contributed by atoms with Gasteiger partial charge in [-0.3, -0.25) is 0 Å². The van der Waals surface area contributed by atoms with Gasteiger partial charge >= 0.3 is 0 Å². The number of nitrogens with two attached hydrogens (primary N) is 1. The fourth-order valence-electron chi connectivity index (χ4n) is 4.75. The quantitative estimate of drug-likeness (QED) is 0.865. The van der Waals surface area contributed by atoms with Crippen LogP contribution in [0.3, 0.4) is 0 Å². The van der Waals surface area contributed by atoms with Crippen molar-refractivity contribution >= 4 is 11.6 Å². The maximum Gasteiger partial charge on any atom is 0.140 e. The average Bonchev–Trinajstić information content (AvgIpc) is 2.70. The molecule has 1 saturated heterocycles. The van der Waals surface area contributed by atoms with Crippen molar-refractivity contribution in [3.63, 3.8) is 0 Å². The Labute approximate surface area is 160 Å². The Bertz CT molecular complexity index is 778. The first-order chi connectivity index (χ1) is 13.1. The minimum Gasteiger partial charge on any atom is -0.389 e. The summed E-state index contributed by atoms with van der Waals surface area (Å²) < 4.78 is 0. The third-order valence-corrected chi connectivity index (χ3v) is 6.39. The van der Waals surface area contributed by atoms with E-state index in [9.17, 15) is 5.11 Å². The van der Waals surface area contributed by atoms with E-state index in [1.54, 1.807) is 12.5 Å². The topological polar surface area (TPSA) is 88.2 Å². The van der Waals surface area contributed by atoms with E-state index >= 15 is 0 Å². The lowest BCUT2D eigenvalue weighted by molar-refractivity contribution is -0.0517. The second-order valence-corrected chi connectivity index (χ2v) is 8.05. The first-order valence-corrected chi connectivity index (χ1v) is 10.1. The van der Waals surface area contributed by atoms with Gasteiger partial charge in [0.25, 0.3) is 0 Å². The maximum atomic E-state index is 11.2. The van der Waals surface area contributed by atoms with E-state index < -0.39 is 5.60 Å². The lowest BCUT2D eigenvalue weighted by Crippen LogP contribution is -2.49. The molecule has 3 heterocycles. The number of nitrogen functional groups attached to an aromatic ring is 1. The summed E-state index contributed by atoms with van der Waals surface area (Å²) in [6, 6.07) is 3.78. The van der Waals surface area contributed by atoms with Gasteiger partial charge in [-0.05, 0) is 50.7 Å². The van der Waals surface area contributed by atoms with Crippen molar-refractivity contribution in [1.29, 1.82) is 0 Å². The third kappa shape index (κ3) is 3.63. The van der Waals surface area contributed by atoms with E-state index in [1.165, 1.54) is 32.1 Å². The molecule has 144 valence electrons. The highest BCUT2D eigenvalue weighted by atomic mass is 16.3. The van der Waals surface area contributed by atoms with Gasteiger partial charge in [0.05, 0.1) is 11.3 Å². The Balaban J connectivity index is 1.56. The van der Waals surface area contributed by atoms with Crippen LogP contribution in [0.1, 0.15) is 50.6 Å². The first kappa shape index (κ1) is 18.2. The van der Waals surface area contributed by atoms with Gasteiger partial charge in [0.1, 0.15) is 18.0 Å². The number of piperidine rings is 1. The molecule has 1 aliphatic heterocycles. The summed E-state index contributed by atoms with van der Waals surface area (Å²) in [6.45, 7) is 3.64. The average molecular weight is 367 g/mol. The van der Waals surface area contributed by atoms with Crippen molar-refractivity contribution in [1.82, 2.24) is 15.0 Å². The van der Waals surface area contributed by atoms with E-state index in [1.807, 2.05) is 19.1 Å². The third-order valence-electron chi connectivity index (χ3n) is 6.39. The smallest absolute Gasteiger partial charge is 0.140 e. The fraction of sp³-hybridized carbons (Fsp3) is 0.571. The normalized spacial score (nSPS) is 20.6. The van der Waals surface area contributed by atoms with Crippen molar-refractivity contribution in [2.24, 2.45) is 5.92 Å². The molecule has 6 heteroatoms. The molecule has 2 aromatic heterocycles. The molecule has 2 aliphatic rings. The van der Waals surface area contributed by atoms with E-state index in [4.69, 9.17) is 5.73 Å². The molecule has 0 unspecified atom stereocenters. The molecule has 27 heavy (non-hydrogen) atoms. The highest BCUT2D eigenvalue weighted by molar-refractivity contribution is 5.77. The van der Waals surface area contributed by atoms with Crippen LogP contribution in [0.5, 0.6) is 0 Å². The van der Waals surface area contributed by atoms with Crippen LogP contribution in [0.2, 0.25) is 0 Å². The zero-order chi connectivity index (χ0) is 18.9. The summed E-state index contributed by atoms with van der Waals surface area (Å²) in [6.07, 6.45) is 11.2. The van der Waals surface area contributed by atoms with Crippen LogP contribution < -0.4 is 10.6 Å². The van der Waals surface area contributed by atoms with E-state index in [0.29, 0.717) is 11.7 Å². The molecular weight excluding hydrogens is 338 g/mol. The monoisotopic (exact) mass is 367 g/mol. The molecule has 2 aromatic rings. The number of aryl methyl sites for hydroxylation is 1. The Kier molecular flexibility index (Phi) is 5.00. The Hall–Kier alpha value is -2.21. The number of hydrogen-bond acceptors (Lipinski definition) is 6. The molecular formula is C21H29N5O. The fourth-order valence-corrected chi connectivity index (χ4v) is 4.75. The minimum atomic E-state index is -0.512. The van der Waals surface area contributed by atoms with E-state index in [0.717, 1.165) is 48.6 Å². The number of nitrogens with zero attached hydrogens (tertiary/aromatic N) is 4. The van der Waals surface area contributed by atoms with E-state index in [2.05, 4.69) is 19.9 Å². The molecule has 6 nitrogen and oxygen atoms in total. The van der Waals surface area contributed by atoms with E-state index in [-0.39, 0.29) is 0 Å². The summed E-state index contributed by atoms with van der Waals surface area (Å²) in [4.78, 5) is 15.5. The Morgan fingerprint density at radius 2 is 1.81 bits per heavy atom. The molecule has 1 saturated carbocycles. The predicted molar refractivity (Wildman–Crippen MR) is 107 cm³/mol. The van der Waals surface area contributed by atoms with Gasteiger partial charge in [-0.1, -0.05) is 19.3 Å². The largest absolute Gasteiger partial charge is 0.389 e. The molecule has 0 aromatic carbocycles. The first-order valence-electron chi connectivity index (χ1n) is 10.1. The van der Waals surface area contributed by atoms with Crippen LogP contribution in [0, 0.1) is 12.8 Å². The SMILES string of the molecule is Cc1ncnc(N2CCC(O)(C3CCCCC3)CC2)c1-c1ccc(N)nc1. The minimum absolute atomic E-state index is 0.460. The zero-order valence-corrected chi connectivity index (χ0v) is 16.1. The van der Waals surface area contributed by atoms with Crippen LogP contribution in [0.15, 0.2) is 24.7 Å². The van der Waals surface area contributed by atoms with Gasteiger partial charge in [-0.25, -0.2) is 15.0 Å². The number of rotatable bonds is 3. The molecule has 0 bridgehead atoms. The molecule has 0 amide bonds. The summed E-state index contributed by atoms with van der Waals surface area (Å²) in [5.74, 6) is 1.89. The lowest BCUT2D eigenvalue weighted by atomic mass is 9.72. The Morgan fingerprint density at radius 3 is 2.48 bits per heavy atom. The van der Waals surface area contributed by atoms with Crippen molar-refractivity contribution in [2.45, 2.75) is 57.5 Å². The number of pyridine rings is 1. The van der Waals surface area contributed by atoms with Crippen LogP contribution >= 0.6 is 0 Å². The van der Waals surface area contributed by atoms with Gasteiger partial charge in [0, 0.05) is 30.4 Å². The Morgan fingerprint density at radius 1 is 1.07 bits per heavy atom. The molecule has 2 fully saturated rings. The second-order valence-electron chi connectivity index (χ2n) is 8.05. The molecule has 0 atom stereocenters.